The van der Waals surface area contributed by atoms with Crippen LogP contribution in [-0.4, -0.2) is 44.3 Å². The fraction of sp³-hybridized carbons (Fsp3) is 1.00. The van der Waals surface area contributed by atoms with Crippen molar-refractivity contribution < 1.29 is 13.2 Å². The van der Waals surface area contributed by atoms with Crippen LogP contribution >= 0.6 is 0 Å². The molecule has 0 aromatic heterocycles. The molecule has 0 saturated heterocycles. The van der Waals surface area contributed by atoms with Crippen LogP contribution in [0, 0.1) is 5.92 Å². The Morgan fingerprint density at radius 3 is 2.07 bits per heavy atom. The van der Waals surface area contributed by atoms with Crippen molar-refractivity contribution in [2.75, 3.05) is 27.2 Å². The Labute approximate surface area is 89.8 Å². The molecule has 5 heteroatoms. The van der Waals surface area contributed by atoms with Crippen LogP contribution in [0.2, 0.25) is 0 Å². The van der Waals surface area contributed by atoms with Gasteiger partial charge in [-0.15, -0.1) is 0 Å². The van der Waals surface area contributed by atoms with Gasteiger partial charge in [-0.2, -0.15) is 13.2 Å². The molecule has 0 spiro atoms. The van der Waals surface area contributed by atoms with Crippen LogP contribution in [0.5, 0.6) is 0 Å². The average molecular weight is 226 g/mol. The molecule has 1 N–H and O–H groups in total. The van der Waals surface area contributed by atoms with Crippen LogP contribution < -0.4 is 5.32 Å². The van der Waals surface area contributed by atoms with Crippen molar-refractivity contribution >= 4 is 0 Å². The zero-order chi connectivity index (χ0) is 12.1. The molecule has 0 fully saturated rings. The molecule has 1 unspecified atom stereocenters. The summed E-state index contributed by atoms with van der Waals surface area (Å²) >= 11 is 0. The van der Waals surface area contributed by atoms with E-state index in [2.05, 4.69) is 5.32 Å². The standard InChI is InChI=1S/C10H21F3N2/c1-8(2)9(7-15(3)4)14-6-5-10(11,12)13/h8-9,14H,5-7H2,1-4H3. The quantitative estimate of drug-likeness (QED) is 0.746. The van der Waals surface area contributed by atoms with Gasteiger partial charge in [0.05, 0.1) is 6.42 Å². The average Bonchev–Trinajstić information content (AvgIpc) is 1.99. The monoisotopic (exact) mass is 226 g/mol. The predicted molar refractivity (Wildman–Crippen MR) is 55.9 cm³/mol. The molecule has 0 heterocycles. The molecule has 15 heavy (non-hydrogen) atoms. The molecular weight excluding hydrogens is 205 g/mol. The molecule has 0 saturated carbocycles. The number of likely N-dealkylation sites (N-methyl/N-ethyl adjacent to an activating group) is 1. The van der Waals surface area contributed by atoms with Crippen molar-refractivity contribution in [3.05, 3.63) is 0 Å². The summed E-state index contributed by atoms with van der Waals surface area (Å²) in [5.74, 6) is 0.334. The topological polar surface area (TPSA) is 15.3 Å². The fourth-order valence-electron chi connectivity index (χ4n) is 1.30. The minimum Gasteiger partial charge on any atom is -0.312 e. The van der Waals surface area contributed by atoms with E-state index < -0.39 is 12.6 Å². The first kappa shape index (κ1) is 14.7. The third-order valence-electron chi connectivity index (χ3n) is 2.18. The van der Waals surface area contributed by atoms with Gasteiger partial charge in [-0.05, 0) is 20.0 Å². The largest absolute Gasteiger partial charge is 0.390 e. The van der Waals surface area contributed by atoms with Crippen LogP contribution in [-0.2, 0) is 0 Å². The minimum absolute atomic E-state index is 0.000185. The lowest BCUT2D eigenvalue weighted by molar-refractivity contribution is -0.133. The second-order valence-electron chi connectivity index (χ2n) is 4.43. The minimum atomic E-state index is -4.06. The van der Waals surface area contributed by atoms with Gasteiger partial charge >= 0.3 is 6.18 Å². The van der Waals surface area contributed by atoms with Gasteiger partial charge in [0, 0.05) is 19.1 Å². The van der Waals surface area contributed by atoms with Gasteiger partial charge in [-0.25, -0.2) is 0 Å². The van der Waals surface area contributed by atoms with Crippen LogP contribution in [0.4, 0.5) is 13.2 Å². The van der Waals surface area contributed by atoms with Gasteiger partial charge < -0.3 is 10.2 Å². The highest BCUT2D eigenvalue weighted by atomic mass is 19.4. The van der Waals surface area contributed by atoms with E-state index in [1.807, 2.05) is 32.8 Å². The molecule has 0 aromatic rings. The lowest BCUT2D eigenvalue weighted by Crippen LogP contribution is -2.43. The molecular formula is C10H21F3N2. The summed E-state index contributed by atoms with van der Waals surface area (Å²) in [4.78, 5) is 1.98. The van der Waals surface area contributed by atoms with E-state index in [1.54, 1.807) is 0 Å². The molecule has 0 radical (unpaired) electrons. The molecule has 0 aromatic carbocycles. The van der Waals surface area contributed by atoms with Crippen LogP contribution in [0.1, 0.15) is 20.3 Å². The van der Waals surface area contributed by atoms with E-state index in [0.717, 1.165) is 6.54 Å². The Hall–Kier alpha value is -0.290. The van der Waals surface area contributed by atoms with Crippen molar-refractivity contribution in [2.45, 2.75) is 32.5 Å². The van der Waals surface area contributed by atoms with Crippen molar-refractivity contribution in [3.63, 3.8) is 0 Å². The van der Waals surface area contributed by atoms with E-state index >= 15 is 0 Å². The molecule has 0 rings (SSSR count). The van der Waals surface area contributed by atoms with Gasteiger partial charge in [0.1, 0.15) is 0 Å². The maximum atomic E-state index is 11.9. The van der Waals surface area contributed by atoms with Gasteiger partial charge in [0.25, 0.3) is 0 Å². The molecule has 0 aliphatic carbocycles. The highest BCUT2D eigenvalue weighted by Crippen LogP contribution is 2.18. The van der Waals surface area contributed by atoms with E-state index in [-0.39, 0.29) is 12.6 Å². The Balaban J connectivity index is 3.87. The van der Waals surface area contributed by atoms with Gasteiger partial charge in [0.2, 0.25) is 0 Å². The molecule has 2 nitrogen and oxygen atoms in total. The SMILES string of the molecule is CC(C)C(CN(C)C)NCCC(F)(F)F. The van der Waals surface area contributed by atoms with Gasteiger partial charge in [0.15, 0.2) is 0 Å². The van der Waals surface area contributed by atoms with E-state index in [0.29, 0.717) is 5.92 Å². The molecule has 0 amide bonds. The van der Waals surface area contributed by atoms with Gasteiger partial charge in [-0.3, -0.25) is 0 Å². The number of hydrogen-bond acceptors (Lipinski definition) is 2. The maximum Gasteiger partial charge on any atom is 0.390 e. The summed E-state index contributed by atoms with van der Waals surface area (Å²) in [6.07, 6.45) is -4.82. The highest BCUT2D eigenvalue weighted by molar-refractivity contribution is 4.73. The Bertz CT molecular complexity index is 167. The summed E-state index contributed by atoms with van der Waals surface area (Å²) < 4.78 is 35.8. The summed E-state index contributed by atoms with van der Waals surface area (Å²) in [5.41, 5.74) is 0. The number of nitrogens with zero attached hydrogens (tertiary/aromatic N) is 1. The third kappa shape index (κ3) is 8.69. The van der Waals surface area contributed by atoms with E-state index in [9.17, 15) is 13.2 Å². The molecule has 1 atom stereocenters. The number of halogens is 3. The van der Waals surface area contributed by atoms with Crippen LogP contribution in [0.25, 0.3) is 0 Å². The number of nitrogens with one attached hydrogen (secondary N) is 1. The van der Waals surface area contributed by atoms with Crippen molar-refractivity contribution in [2.24, 2.45) is 5.92 Å². The van der Waals surface area contributed by atoms with Crippen molar-refractivity contribution in [1.29, 1.82) is 0 Å². The Morgan fingerprint density at radius 2 is 1.73 bits per heavy atom. The number of hydrogen-bond donors (Lipinski definition) is 1. The lowest BCUT2D eigenvalue weighted by Gasteiger charge is -2.25. The molecule has 0 aliphatic rings. The first-order chi connectivity index (χ1) is 6.72. The Kier molecular flexibility index (Phi) is 6.20. The zero-order valence-corrected chi connectivity index (χ0v) is 9.86. The first-order valence-electron chi connectivity index (χ1n) is 5.17. The maximum absolute atomic E-state index is 11.9. The summed E-state index contributed by atoms with van der Waals surface area (Å²) in [6.45, 7) is 4.78. The Morgan fingerprint density at radius 1 is 1.20 bits per heavy atom. The van der Waals surface area contributed by atoms with E-state index in [4.69, 9.17) is 0 Å². The van der Waals surface area contributed by atoms with Crippen LogP contribution in [0.3, 0.4) is 0 Å². The normalized spacial score (nSPS) is 15.0. The lowest BCUT2D eigenvalue weighted by atomic mass is 10.0. The highest BCUT2D eigenvalue weighted by Gasteiger charge is 2.27. The number of rotatable bonds is 6. The van der Waals surface area contributed by atoms with Crippen LogP contribution in [0.15, 0.2) is 0 Å². The smallest absolute Gasteiger partial charge is 0.312 e. The first-order valence-corrected chi connectivity index (χ1v) is 5.17. The molecule has 92 valence electrons. The van der Waals surface area contributed by atoms with Crippen molar-refractivity contribution in [1.82, 2.24) is 10.2 Å². The molecule has 0 aliphatic heterocycles. The molecule has 0 bridgehead atoms. The summed E-state index contributed by atoms with van der Waals surface area (Å²) in [5, 5.41) is 2.95. The third-order valence-corrected chi connectivity index (χ3v) is 2.18. The summed E-state index contributed by atoms with van der Waals surface area (Å²) in [7, 11) is 3.83. The van der Waals surface area contributed by atoms with Gasteiger partial charge in [-0.1, -0.05) is 13.8 Å². The fourth-order valence-corrected chi connectivity index (χ4v) is 1.30. The second-order valence-corrected chi connectivity index (χ2v) is 4.43. The number of alkyl halides is 3. The van der Waals surface area contributed by atoms with Crippen molar-refractivity contribution in [3.8, 4) is 0 Å². The van der Waals surface area contributed by atoms with E-state index in [1.165, 1.54) is 0 Å². The predicted octanol–water partition coefficient (Wildman–Crippen LogP) is 2.11. The zero-order valence-electron chi connectivity index (χ0n) is 9.86. The summed E-state index contributed by atoms with van der Waals surface area (Å²) in [6, 6.07) is 0.113. The second kappa shape index (κ2) is 6.33.